The van der Waals surface area contributed by atoms with Crippen LogP contribution in [0.15, 0.2) is 36.7 Å². The van der Waals surface area contributed by atoms with Gasteiger partial charge in [-0.25, -0.2) is 4.68 Å². The van der Waals surface area contributed by atoms with Crippen molar-refractivity contribution in [1.82, 2.24) is 24.5 Å². The monoisotopic (exact) mass is 527 g/mol. The summed E-state index contributed by atoms with van der Waals surface area (Å²) in [7, 11) is 0. The largest absolute Gasteiger partial charge is 0.416 e. The highest BCUT2D eigenvalue weighted by molar-refractivity contribution is 6.03. The zero-order valence-electron chi connectivity index (χ0n) is 20.8. The zero-order chi connectivity index (χ0) is 27.4. The molecule has 200 valence electrons. The van der Waals surface area contributed by atoms with E-state index >= 15 is 0 Å². The Bertz CT molecular complexity index is 1390. The highest BCUT2D eigenvalue weighted by Crippen LogP contribution is 2.34. The molecule has 38 heavy (non-hydrogen) atoms. The van der Waals surface area contributed by atoms with Crippen molar-refractivity contribution in [2.75, 3.05) is 18.8 Å². The Hall–Kier alpha value is -4.27. The number of carbonyl (C=O) groups is 2. The molecular formula is C26H28F3N7O2. The van der Waals surface area contributed by atoms with Gasteiger partial charge in [-0.05, 0) is 50.2 Å². The minimum absolute atomic E-state index is 0.0392. The zero-order valence-corrected chi connectivity index (χ0v) is 20.8. The number of benzene rings is 1. The maximum Gasteiger partial charge on any atom is 0.416 e. The van der Waals surface area contributed by atoms with E-state index in [1.54, 1.807) is 16.5 Å². The van der Waals surface area contributed by atoms with Crippen LogP contribution in [-0.4, -0.2) is 49.4 Å². The molecule has 0 saturated carbocycles. The average molecular weight is 528 g/mol. The van der Waals surface area contributed by atoms with Crippen LogP contribution in [0, 0.1) is 11.8 Å². The maximum atomic E-state index is 13.4. The van der Waals surface area contributed by atoms with Crippen LogP contribution in [0.1, 0.15) is 60.1 Å². The summed E-state index contributed by atoms with van der Waals surface area (Å²) in [6.07, 6.45) is 1.16. The summed E-state index contributed by atoms with van der Waals surface area (Å²) in [6.45, 7) is 2.59. The van der Waals surface area contributed by atoms with Crippen molar-refractivity contribution in [3.8, 4) is 23.1 Å². The van der Waals surface area contributed by atoms with Gasteiger partial charge >= 0.3 is 6.18 Å². The predicted octanol–water partition coefficient (Wildman–Crippen LogP) is 3.46. The highest BCUT2D eigenvalue weighted by atomic mass is 19.4. The molecule has 3 heterocycles. The van der Waals surface area contributed by atoms with Crippen molar-refractivity contribution in [1.29, 1.82) is 0 Å². The first-order valence-electron chi connectivity index (χ1n) is 12.2. The molecular weight excluding hydrogens is 499 g/mol. The highest BCUT2D eigenvalue weighted by Gasteiger charge is 2.33. The number of alkyl halides is 3. The standard InChI is InChI=1S/C26H28F3N7O2/c1-2-7-21(37)34-12-5-9-19(10-6-13-34)36-24(30)22(25(31)38)23(33-36)18-14-32-35(16-18)15-17-8-3-4-11-20(17)26(27,28)29/h3-4,8,11,14,16,19H,5-6,9-10,12-13,15,30H2,1H3,(H2,31,38). The third-order valence-electron chi connectivity index (χ3n) is 6.55. The predicted molar refractivity (Wildman–Crippen MR) is 134 cm³/mol. The van der Waals surface area contributed by atoms with E-state index in [4.69, 9.17) is 11.5 Å². The van der Waals surface area contributed by atoms with Gasteiger partial charge in [0.2, 0.25) is 0 Å². The number of carbonyl (C=O) groups excluding carboxylic acids is 2. The van der Waals surface area contributed by atoms with E-state index in [2.05, 4.69) is 22.0 Å². The van der Waals surface area contributed by atoms with E-state index < -0.39 is 17.6 Å². The third kappa shape index (κ3) is 5.66. The van der Waals surface area contributed by atoms with Crippen LogP contribution in [0.4, 0.5) is 19.0 Å². The van der Waals surface area contributed by atoms with Gasteiger partial charge in [0.15, 0.2) is 0 Å². The van der Waals surface area contributed by atoms with Gasteiger partial charge in [0.05, 0.1) is 24.3 Å². The Morgan fingerprint density at radius 3 is 2.47 bits per heavy atom. The second kappa shape index (κ2) is 11.0. The van der Waals surface area contributed by atoms with Crippen molar-refractivity contribution in [3.05, 3.63) is 53.3 Å². The molecule has 3 aromatic rings. The normalized spacial score (nSPS) is 14.9. The number of anilines is 1. The van der Waals surface area contributed by atoms with Crippen LogP contribution in [0.5, 0.6) is 0 Å². The molecule has 1 fully saturated rings. The molecule has 0 unspecified atom stereocenters. The van der Waals surface area contributed by atoms with E-state index in [0.717, 1.165) is 6.07 Å². The number of nitrogen functional groups attached to an aromatic ring is 1. The van der Waals surface area contributed by atoms with E-state index in [1.165, 1.54) is 35.3 Å². The minimum Gasteiger partial charge on any atom is -0.383 e. The number of amides is 2. The van der Waals surface area contributed by atoms with Gasteiger partial charge in [0, 0.05) is 24.8 Å². The molecule has 9 nitrogen and oxygen atoms in total. The Kier molecular flexibility index (Phi) is 7.75. The molecule has 0 radical (unpaired) electrons. The van der Waals surface area contributed by atoms with Crippen molar-refractivity contribution >= 4 is 17.6 Å². The molecule has 0 aliphatic carbocycles. The molecule has 0 spiro atoms. The lowest BCUT2D eigenvalue weighted by Gasteiger charge is -2.27. The third-order valence-corrected chi connectivity index (χ3v) is 6.55. The first-order valence-corrected chi connectivity index (χ1v) is 12.2. The molecule has 2 amide bonds. The maximum absolute atomic E-state index is 13.4. The van der Waals surface area contributed by atoms with Crippen LogP contribution < -0.4 is 11.5 Å². The van der Waals surface area contributed by atoms with Gasteiger partial charge in [0.25, 0.3) is 11.8 Å². The quantitative estimate of drug-likeness (QED) is 0.492. The topological polar surface area (TPSA) is 125 Å². The van der Waals surface area contributed by atoms with Crippen molar-refractivity contribution in [2.24, 2.45) is 5.73 Å². The smallest absolute Gasteiger partial charge is 0.383 e. The molecule has 0 bridgehead atoms. The van der Waals surface area contributed by atoms with Gasteiger partial charge in [-0.15, -0.1) is 0 Å². The summed E-state index contributed by atoms with van der Waals surface area (Å²) < 4.78 is 43.2. The SMILES string of the molecule is CC#CC(=O)N1CCCC(n2nc(-c3cnn(Cc4ccccc4C(F)(F)F)c3)c(C(N)=O)c2N)CCC1. The van der Waals surface area contributed by atoms with E-state index in [0.29, 0.717) is 44.3 Å². The molecule has 4 rings (SSSR count). The van der Waals surface area contributed by atoms with E-state index in [-0.39, 0.29) is 41.1 Å². The summed E-state index contributed by atoms with van der Waals surface area (Å²) in [5.74, 6) is 4.36. The van der Waals surface area contributed by atoms with Crippen molar-refractivity contribution in [2.45, 2.75) is 51.4 Å². The Labute approximate surface area is 217 Å². The summed E-state index contributed by atoms with van der Waals surface area (Å²) in [6, 6.07) is 5.16. The summed E-state index contributed by atoms with van der Waals surface area (Å²) >= 11 is 0. The number of likely N-dealkylation sites (tertiary alicyclic amines) is 1. The average Bonchev–Trinajstić information content (AvgIpc) is 3.43. The second-order valence-corrected chi connectivity index (χ2v) is 9.10. The second-order valence-electron chi connectivity index (χ2n) is 9.10. The Morgan fingerprint density at radius 1 is 1.16 bits per heavy atom. The molecule has 12 heteroatoms. The van der Waals surface area contributed by atoms with Crippen LogP contribution in [0.25, 0.3) is 11.3 Å². The van der Waals surface area contributed by atoms with Crippen LogP contribution in [0.2, 0.25) is 0 Å². The van der Waals surface area contributed by atoms with Crippen LogP contribution >= 0.6 is 0 Å². The van der Waals surface area contributed by atoms with E-state index in [1.807, 2.05) is 0 Å². The lowest BCUT2D eigenvalue weighted by molar-refractivity contribution is -0.138. The fourth-order valence-corrected chi connectivity index (χ4v) is 4.78. The number of hydrogen-bond acceptors (Lipinski definition) is 5. The Balaban J connectivity index is 1.58. The summed E-state index contributed by atoms with van der Waals surface area (Å²) in [5.41, 5.74) is 12.0. The fourth-order valence-electron chi connectivity index (χ4n) is 4.78. The number of aromatic nitrogens is 4. The van der Waals surface area contributed by atoms with Crippen LogP contribution in [0.3, 0.4) is 0 Å². The van der Waals surface area contributed by atoms with Crippen molar-refractivity contribution < 1.29 is 22.8 Å². The number of hydrogen-bond donors (Lipinski definition) is 2. The van der Waals surface area contributed by atoms with Gasteiger partial charge in [-0.3, -0.25) is 14.3 Å². The number of nitrogens with zero attached hydrogens (tertiary/aromatic N) is 5. The lowest BCUT2D eigenvalue weighted by atomic mass is 10.0. The Morgan fingerprint density at radius 2 is 1.84 bits per heavy atom. The van der Waals surface area contributed by atoms with Crippen LogP contribution in [-0.2, 0) is 17.5 Å². The number of rotatable bonds is 5. The number of halogens is 3. The van der Waals surface area contributed by atoms with Gasteiger partial charge in [-0.1, -0.05) is 24.1 Å². The van der Waals surface area contributed by atoms with Gasteiger partial charge in [-0.2, -0.15) is 23.4 Å². The first-order chi connectivity index (χ1) is 18.1. The minimum atomic E-state index is -4.50. The number of primary amides is 1. The van der Waals surface area contributed by atoms with Gasteiger partial charge in [0.1, 0.15) is 17.1 Å². The molecule has 1 aliphatic rings. The lowest BCUT2D eigenvalue weighted by Crippen LogP contribution is -2.34. The molecule has 0 atom stereocenters. The number of nitrogens with two attached hydrogens (primary N) is 2. The fraction of sp³-hybridized carbons (Fsp3) is 0.385. The first kappa shape index (κ1) is 26.8. The molecule has 1 aromatic carbocycles. The molecule has 2 aromatic heterocycles. The molecule has 1 aliphatic heterocycles. The van der Waals surface area contributed by atoms with Gasteiger partial charge < -0.3 is 16.4 Å². The summed E-state index contributed by atoms with van der Waals surface area (Å²) in [5, 5.41) is 8.80. The molecule has 4 N–H and O–H groups in total. The van der Waals surface area contributed by atoms with E-state index in [9.17, 15) is 22.8 Å². The molecule has 1 saturated heterocycles. The summed E-state index contributed by atoms with van der Waals surface area (Å²) in [4.78, 5) is 26.2. The van der Waals surface area contributed by atoms with Crippen molar-refractivity contribution in [3.63, 3.8) is 0 Å².